The number of amides is 2. The molecule has 2 fully saturated rings. The first-order chi connectivity index (χ1) is 8.09. The Morgan fingerprint density at radius 1 is 1.29 bits per heavy atom. The molecule has 1 saturated carbocycles. The van der Waals surface area contributed by atoms with Crippen LogP contribution in [0.3, 0.4) is 0 Å². The molecule has 1 heterocycles. The molecular weight excluding hydrogens is 218 g/mol. The van der Waals surface area contributed by atoms with E-state index in [9.17, 15) is 9.59 Å². The zero-order chi connectivity index (χ0) is 12.5. The predicted molar refractivity (Wildman–Crippen MR) is 63.8 cm³/mol. The van der Waals surface area contributed by atoms with Crippen LogP contribution in [0.25, 0.3) is 0 Å². The molecule has 0 radical (unpaired) electrons. The van der Waals surface area contributed by atoms with Gasteiger partial charge in [-0.05, 0) is 19.3 Å². The summed E-state index contributed by atoms with van der Waals surface area (Å²) in [6.45, 7) is 1.55. The Bertz CT molecular complexity index is 324. The Morgan fingerprint density at radius 2 is 1.94 bits per heavy atom. The quantitative estimate of drug-likeness (QED) is 0.717. The number of hydrogen-bond donors (Lipinski definition) is 2. The summed E-state index contributed by atoms with van der Waals surface area (Å²) in [6.07, 6.45) is 4.63. The highest BCUT2D eigenvalue weighted by atomic mass is 16.2. The van der Waals surface area contributed by atoms with Crippen LogP contribution in [0.15, 0.2) is 0 Å². The minimum absolute atomic E-state index is 0.140. The highest BCUT2D eigenvalue weighted by Gasteiger charge is 2.44. The number of carbonyl (C=O) groups excluding carboxylic acids is 2. The molecule has 17 heavy (non-hydrogen) atoms. The largest absolute Gasteiger partial charge is 0.369 e. The van der Waals surface area contributed by atoms with Gasteiger partial charge >= 0.3 is 0 Å². The summed E-state index contributed by atoms with van der Waals surface area (Å²) in [5.74, 6) is -0.329. The van der Waals surface area contributed by atoms with Gasteiger partial charge in [0.05, 0.1) is 11.3 Å². The van der Waals surface area contributed by atoms with Gasteiger partial charge in [-0.15, -0.1) is 0 Å². The van der Waals surface area contributed by atoms with Crippen LogP contribution in [0, 0.1) is 11.3 Å². The second kappa shape index (κ2) is 4.64. The number of primary amides is 1. The van der Waals surface area contributed by atoms with Crippen LogP contribution in [0.5, 0.6) is 0 Å². The first-order valence-electron chi connectivity index (χ1n) is 6.38. The average molecular weight is 239 g/mol. The van der Waals surface area contributed by atoms with Gasteiger partial charge < -0.3 is 16.4 Å². The Hall–Kier alpha value is -1.10. The average Bonchev–Trinajstić information content (AvgIpc) is 2.98. The fraction of sp³-hybridized carbons (Fsp3) is 0.833. The van der Waals surface area contributed by atoms with Gasteiger partial charge in [0.15, 0.2) is 0 Å². The molecular formula is C12H21N3O2. The van der Waals surface area contributed by atoms with Crippen molar-refractivity contribution in [2.75, 3.05) is 19.6 Å². The third kappa shape index (κ3) is 2.16. The third-order valence-corrected chi connectivity index (χ3v) is 4.28. The van der Waals surface area contributed by atoms with Crippen LogP contribution in [-0.2, 0) is 9.59 Å². The van der Waals surface area contributed by atoms with Crippen molar-refractivity contribution in [1.29, 1.82) is 0 Å². The fourth-order valence-electron chi connectivity index (χ4n) is 3.07. The zero-order valence-corrected chi connectivity index (χ0v) is 10.2. The van der Waals surface area contributed by atoms with Gasteiger partial charge in [-0.3, -0.25) is 9.59 Å². The van der Waals surface area contributed by atoms with E-state index in [1.54, 1.807) is 4.90 Å². The Labute approximate surface area is 102 Å². The van der Waals surface area contributed by atoms with E-state index in [1.807, 2.05) is 0 Å². The Balaban J connectivity index is 2.03. The van der Waals surface area contributed by atoms with Crippen molar-refractivity contribution in [3.05, 3.63) is 0 Å². The van der Waals surface area contributed by atoms with Crippen molar-refractivity contribution >= 4 is 11.8 Å². The van der Waals surface area contributed by atoms with Gasteiger partial charge in [-0.2, -0.15) is 0 Å². The smallest absolute Gasteiger partial charge is 0.230 e. The zero-order valence-electron chi connectivity index (χ0n) is 10.2. The summed E-state index contributed by atoms with van der Waals surface area (Å²) in [6, 6.07) is 0. The lowest BCUT2D eigenvalue weighted by molar-refractivity contribution is -0.140. The second-order valence-electron chi connectivity index (χ2n) is 5.33. The number of hydrogen-bond acceptors (Lipinski definition) is 3. The standard InChI is InChI=1S/C12H21N3O2/c13-8-12(4-1-2-5-12)11(17)15-6-3-9(7-15)10(14)16/h9H,1-8,13H2,(H2,14,16). The monoisotopic (exact) mass is 239 g/mol. The summed E-state index contributed by atoms with van der Waals surface area (Å²) in [4.78, 5) is 25.3. The van der Waals surface area contributed by atoms with Gasteiger partial charge in [0.2, 0.25) is 11.8 Å². The molecule has 96 valence electrons. The lowest BCUT2D eigenvalue weighted by Gasteiger charge is -2.31. The molecule has 4 N–H and O–H groups in total. The minimum Gasteiger partial charge on any atom is -0.369 e. The van der Waals surface area contributed by atoms with E-state index in [0.29, 0.717) is 26.1 Å². The van der Waals surface area contributed by atoms with Crippen molar-refractivity contribution in [2.45, 2.75) is 32.1 Å². The molecule has 2 amide bonds. The van der Waals surface area contributed by atoms with E-state index >= 15 is 0 Å². The Kier molecular flexibility index (Phi) is 3.38. The van der Waals surface area contributed by atoms with Crippen molar-refractivity contribution in [3.63, 3.8) is 0 Å². The Morgan fingerprint density at radius 3 is 2.41 bits per heavy atom. The van der Waals surface area contributed by atoms with Crippen LogP contribution in [0.1, 0.15) is 32.1 Å². The maximum absolute atomic E-state index is 12.5. The van der Waals surface area contributed by atoms with Crippen molar-refractivity contribution in [3.8, 4) is 0 Å². The van der Waals surface area contributed by atoms with E-state index in [0.717, 1.165) is 25.7 Å². The molecule has 0 aromatic heterocycles. The summed E-state index contributed by atoms with van der Waals surface area (Å²) >= 11 is 0. The molecule has 1 aliphatic heterocycles. The van der Waals surface area contributed by atoms with Crippen molar-refractivity contribution in [2.24, 2.45) is 22.8 Å². The molecule has 0 spiro atoms. The van der Waals surface area contributed by atoms with E-state index in [1.165, 1.54) is 0 Å². The molecule has 1 unspecified atom stereocenters. The topological polar surface area (TPSA) is 89.4 Å². The fourth-order valence-corrected chi connectivity index (χ4v) is 3.07. The molecule has 0 aromatic carbocycles. The molecule has 5 heteroatoms. The molecule has 2 aliphatic rings. The van der Waals surface area contributed by atoms with Crippen LogP contribution in [0.2, 0.25) is 0 Å². The third-order valence-electron chi connectivity index (χ3n) is 4.28. The van der Waals surface area contributed by atoms with E-state index in [2.05, 4.69) is 0 Å². The molecule has 1 aliphatic carbocycles. The SMILES string of the molecule is NCC1(C(=O)N2CCC(C(N)=O)C2)CCCC1. The number of nitrogens with two attached hydrogens (primary N) is 2. The highest BCUT2D eigenvalue weighted by molar-refractivity contribution is 5.85. The van der Waals surface area contributed by atoms with E-state index in [-0.39, 0.29) is 23.1 Å². The summed E-state index contributed by atoms with van der Waals surface area (Å²) in [5.41, 5.74) is 10.7. The molecule has 0 bridgehead atoms. The van der Waals surface area contributed by atoms with Gasteiger partial charge in [0.1, 0.15) is 0 Å². The highest BCUT2D eigenvalue weighted by Crippen LogP contribution is 2.39. The summed E-state index contributed by atoms with van der Waals surface area (Å²) in [7, 11) is 0. The van der Waals surface area contributed by atoms with Crippen molar-refractivity contribution in [1.82, 2.24) is 4.90 Å². The van der Waals surface area contributed by atoms with Gasteiger partial charge in [0.25, 0.3) is 0 Å². The lowest BCUT2D eigenvalue weighted by Crippen LogP contribution is -2.46. The van der Waals surface area contributed by atoms with Gasteiger partial charge in [-0.25, -0.2) is 0 Å². The van der Waals surface area contributed by atoms with Crippen LogP contribution < -0.4 is 11.5 Å². The lowest BCUT2D eigenvalue weighted by atomic mass is 9.84. The summed E-state index contributed by atoms with van der Waals surface area (Å²) in [5, 5.41) is 0. The maximum Gasteiger partial charge on any atom is 0.230 e. The molecule has 5 nitrogen and oxygen atoms in total. The van der Waals surface area contributed by atoms with Crippen LogP contribution in [-0.4, -0.2) is 36.3 Å². The molecule has 1 saturated heterocycles. The molecule has 1 atom stereocenters. The van der Waals surface area contributed by atoms with Crippen molar-refractivity contribution < 1.29 is 9.59 Å². The van der Waals surface area contributed by atoms with E-state index < -0.39 is 0 Å². The summed E-state index contributed by atoms with van der Waals surface area (Å²) < 4.78 is 0. The first kappa shape index (κ1) is 12.4. The molecule has 0 aromatic rings. The predicted octanol–water partition coefficient (Wildman–Crippen LogP) is -0.161. The number of likely N-dealkylation sites (tertiary alicyclic amines) is 1. The second-order valence-corrected chi connectivity index (χ2v) is 5.33. The van der Waals surface area contributed by atoms with Gasteiger partial charge in [0, 0.05) is 19.6 Å². The van der Waals surface area contributed by atoms with Crippen LogP contribution in [0.4, 0.5) is 0 Å². The van der Waals surface area contributed by atoms with Crippen LogP contribution >= 0.6 is 0 Å². The maximum atomic E-state index is 12.5. The number of nitrogens with zero attached hydrogens (tertiary/aromatic N) is 1. The van der Waals surface area contributed by atoms with Gasteiger partial charge in [-0.1, -0.05) is 12.8 Å². The number of rotatable bonds is 3. The first-order valence-corrected chi connectivity index (χ1v) is 6.38. The van der Waals surface area contributed by atoms with E-state index in [4.69, 9.17) is 11.5 Å². The number of carbonyl (C=O) groups is 2. The minimum atomic E-state index is -0.355. The normalized spacial score (nSPS) is 27.4. The molecule has 2 rings (SSSR count).